The van der Waals surface area contributed by atoms with Crippen LogP contribution in [0.5, 0.6) is 17.2 Å². The summed E-state index contributed by atoms with van der Waals surface area (Å²) < 4.78 is 16.7. The average Bonchev–Trinajstić information content (AvgIpc) is 3.19. The summed E-state index contributed by atoms with van der Waals surface area (Å²) in [4.78, 5) is 29.9. The molecule has 0 radical (unpaired) electrons. The standard InChI is InChI=1S/C31H34N2O6/c1-20-7-6-8-21(17-20)19-39-24-12-9-22(10-13-24)29(34)27-28(23-11-14-25(37-4)26(18-23)38-5)33(16-15-32(2)3)31(36)30(27)35/h6-14,17-18,28,34H,15-16,19H2,1-5H3/t28-/m1/s1. The van der Waals surface area contributed by atoms with Gasteiger partial charge in [-0.15, -0.1) is 0 Å². The van der Waals surface area contributed by atoms with Crippen LogP contribution in [0.15, 0.2) is 72.3 Å². The van der Waals surface area contributed by atoms with Crippen molar-refractivity contribution in [2.75, 3.05) is 41.4 Å². The number of methoxy groups -OCH3 is 2. The minimum atomic E-state index is -0.790. The number of carbonyl (C=O) groups excluding carboxylic acids is 2. The van der Waals surface area contributed by atoms with Gasteiger partial charge in [-0.2, -0.15) is 0 Å². The van der Waals surface area contributed by atoms with E-state index in [0.717, 1.165) is 11.1 Å². The maximum atomic E-state index is 13.3. The molecule has 1 atom stereocenters. The number of carbonyl (C=O) groups is 2. The van der Waals surface area contributed by atoms with Crippen LogP contribution in [0.1, 0.15) is 28.3 Å². The van der Waals surface area contributed by atoms with E-state index in [-0.39, 0.29) is 11.3 Å². The molecule has 0 saturated carbocycles. The molecule has 39 heavy (non-hydrogen) atoms. The minimum Gasteiger partial charge on any atom is -0.507 e. The molecule has 0 spiro atoms. The maximum absolute atomic E-state index is 13.3. The van der Waals surface area contributed by atoms with Crippen molar-refractivity contribution in [2.24, 2.45) is 0 Å². The van der Waals surface area contributed by atoms with Crippen LogP contribution in [0, 0.1) is 6.92 Å². The van der Waals surface area contributed by atoms with Crippen molar-refractivity contribution in [3.8, 4) is 17.2 Å². The third-order valence-corrected chi connectivity index (χ3v) is 6.67. The zero-order chi connectivity index (χ0) is 28.1. The minimum absolute atomic E-state index is 0.0272. The first-order valence-electron chi connectivity index (χ1n) is 12.7. The lowest BCUT2D eigenvalue weighted by molar-refractivity contribution is -0.140. The van der Waals surface area contributed by atoms with Gasteiger partial charge in [0.2, 0.25) is 0 Å². The van der Waals surface area contributed by atoms with Crippen LogP contribution in [0.3, 0.4) is 0 Å². The van der Waals surface area contributed by atoms with Crippen LogP contribution in [-0.2, 0) is 16.2 Å². The number of likely N-dealkylation sites (tertiary alicyclic amines) is 1. The van der Waals surface area contributed by atoms with Crippen molar-refractivity contribution in [3.63, 3.8) is 0 Å². The molecular weight excluding hydrogens is 496 g/mol. The molecule has 1 aliphatic rings. The fourth-order valence-corrected chi connectivity index (χ4v) is 4.62. The Labute approximate surface area is 229 Å². The van der Waals surface area contributed by atoms with Gasteiger partial charge in [-0.1, -0.05) is 35.9 Å². The van der Waals surface area contributed by atoms with E-state index in [4.69, 9.17) is 14.2 Å². The zero-order valence-corrected chi connectivity index (χ0v) is 22.9. The molecule has 0 bridgehead atoms. The summed E-state index contributed by atoms with van der Waals surface area (Å²) in [6.07, 6.45) is 0. The highest BCUT2D eigenvalue weighted by Crippen LogP contribution is 2.42. The van der Waals surface area contributed by atoms with Crippen LogP contribution in [0.4, 0.5) is 0 Å². The molecule has 1 fully saturated rings. The molecule has 1 saturated heterocycles. The van der Waals surface area contributed by atoms with Crippen LogP contribution >= 0.6 is 0 Å². The lowest BCUT2D eigenvalue weighted by Gasteiger charge is -2.27. The normalized spacial score (nSPS) is 16.6. The Hall–Kier alpha value is -4.30. The molecule has 1 N–H and O–H groups in total. The van der Waals surface area contributed by atoms with Gasteiger partial charge in [0.25, 0.3) is 11.7 Å². The molecule has 4 rings (SSSR count). The zero-order valence-electron chi connectivity index (χ0n) is 22.9. The number of aryl methyl sites for hydroxylation is 1. The predicted molar refractivity (Wildman–Crippen MR) is 149 cm³/mol. The number of benzene rings is 3. The van der Waals surface area contributed by atoms with Gasteiger partial charge < -0.3 is 29.1 Å². The van der Waals surface area contributed by atoms with E-state index in [1.54, 1.807) is 42.5 Å². The van der Waals surface area contributed by atoms with E-state index >= 15 is 0 Å². The topological polar surface area (TPSA) is 88.5 Å². The molecule has 3 aromatic rings. The third kappa shape index (κ3) is 6.07. The molecule has 204 valence electrons. The fourth-order valence-electron chi connectivity index (χ4n) is 4.62. The number of ether oxygens (including phenoxy) is 3. The Morgan fingerprint density at radius 1 is 0.949 bits per heavy atom. The molecule has 0 aromatic heterocycles. The summed E-state index contributed by atoms with van der Waals surface area (Å²) in [6.45, 7) is 3.28. The van der Waals surface area contributed by atoms with E-state index in [1.165, 1.54) is 19.1 Å². The summed E-state index contributed by atoms with van der Waals surface area (Å²) in [5, 5.41) is 11.4. The number of Topliss-reactive ketones (excluding diaryl/α,β-unsaturated/α-hetero) is 1. The second kappa shape index (κ2) is 12.0. The summed E-state index contributed by atoms with van der Waals surface area (Å²) in [5.74, 6) is -0.0279. The number of likely N-dealkylation sites (N-methyl/N-ethyl adjacent to an activating group) is 1. The summed E-state index contributed by atoms with van der Waals surface area (Å²) in [5.41, 5.74) is 3.27. The van der Waals surface area contributed by atoms with Crippen LogP contribution in [-0.4, -0.2) is 68.0 Å². The smallest absolute Gasteiger partial charge is 0.295 e. The van der Waals surface area contributed by atoms with Crippen molar-refractivity contribution >= 4 is 17.4 Å². The van der Waals surface area contributed by atoms with Gasteiger partial charge in [-0.3, -0.25) is 9.59 Å². The number of hydrogen-bond donors (Lipinski definition) is 1. The first-order chi connectivity index (χ1) is 18.7. The van der Waals surface area contributed by atoms with Crippen LogP contribution in [0.2, 0.25) is 0 Å². The Morgan fingerprint density at radius 3 is 2.31 bits per heavy atom. The summed E-state index contributed by atoms with van der Waals surface area (Å²) in [6, 6.07) is 19.3. The van der Waals surface area contributed by atoms with Crippen molar-refractivity contribution < 1.29 is 28.9 Å². The van der Waals surface area contributed by atoms with E-state index < -0.39 is 17.7 Å². The van der Waals surface area contributed by atoms with E-state index in [1.807, 2.05) is 44.1 Å². The van der Waals surface area contributed by atoms with Crippen molar-refractivity contribution in [1.82, 2.24) is 9.80 Å². The molecular formula is C31H34N2O6. The SMILES string of the molecule is COc1ccc([C@@H]2C(=C(O)c3ccc(OCc4cccc(C)c4)cc3)C(=O)C(=O)N2CCN(C)C)cc1OC. The Bertz CT molecular complexity index is 1380. The quantitative estimate of drug-likeness (QED) is 0.233. The Morgan fingerprint density at radius 2 is 1.67 bits per heavy atom. The molecule has 3 aromatic carbocycles. The fraction of sp³-hybridized carbons (Fsp3) is 0.290. The van der Waals surface area contributed by atoms with Gasteiger partial charge in [-0.05, 0) is 68.5 Å². The first-order valence-corrected chi connectivity index (χ1v) is 12.7. The van der Waals surface area contributed by atoms with Crippen molar-refractivity contribution in [2.45, 2.75) is 19.6 Å². The Kier molecular flexibility index (Phi) is 8.56. The van der Waals surface area contributed by atoms with E-state index in [2.05, 4.69) is 6.07 Å². The van der Waals surface area contributed by atoms with Gasteiger partial charge in [0.15, 0.2) is 11.5 Å². The lowest BCUT2D eigenvalue weighted by Crippen LogP contribution is -2.35. The van der Waals surface area contributed by atoms with Gasteiger partial charge >= 0.3 is 0 Å². The second-order valence-electron chi connectivity index (χ2n) is 9.71. The number of hydrogen-bond acceptors (Lipinski definition) is 7. The van der Waals surface area contributed by atoms with Crippen molar-refractivity contribution in [1.29, 1.82) is 0 Å². The summed E-state index contributed by atoms with van der Waals surface area (Å²) >= 11 is 0. The van der Waals surface area contributed by atoms with Crippen LogP contribution in [0.25, 0.3) is 5.76 Å². The number of nitrogens with zero attached hydrogens (tertiary/aromatic N) is 2. The number of ketones is 1. The highest BCUT2D eigenvalue weighted by Gasteiger charge is 2.46. The molecule has 8 nitrogen and oxygen atoms in total. The average molecular weight is 531 g/mol. The number of aliphatic hydroxyl groups is 1. The highest BCUT2D eigenvalue weighted by molar-refractivity contribution is 6.46. The molecule has 1 heterocycles. The van der Waals surface area contributed by atoms with Gasteiger partial charge in [-0.25, -0.2) is 0 Å². The second-order valence-corrected chi connectivity index (χ2v) is 9.71. The first kappa shape index (κ1) is 27.7. The van der Waals surface area contributed by atoms with Gasteiger partial charge in [0.1, 0.15) is 18.1 Å². The Balaban J connectivity index is 1.69. The number of aliphatic hydroxyl groups excluding tert-OH is 1. The van der Waals surface area contributed by atoms with Gasteiger partial charge in [0, 0.05) is 18.7 Å². The highest BCUT2D eigenvalue weighted by atomic mass is 16.5. The number of amides is 1. The molecule has 1 amide bonds. The molecule has 0 aliphatic carbocycles. The lowest BCUT2D eigenvalue weighted by atomic mass is 9.95. The van der Waals surface area contributed by atoms with Gasteiger partial charge in [0.05, 0.1) is 25.8 Å². The van der Waals surface area contributed by atoms with E-state index in [9.17, 15) is 14.7 Å². The van der Waals surface area contributed by atoms with Crippen LogP contribution < -0.4 is 14.2 Å². The molecule has 8 heteroatoms. The summed E-state index contributed by atoms with van der Waals surface area (Å²) in [7, 11) is 6.84. The monoisotopic (exact) mass is 530 g/mol. The maximum Gasteiger partial charge on any atom is 0.295 e. The largest absolute Gasteiger partial charge is 0.507 e. The number of rotatable bonds is 10. The third-order valence-electron chi connectivity index (χ3n) is 6.67. The molecule has 0 unspecified atom stereocenters. The predicted octanol–water partition coefficient (Wildman–Crippen LogP) is 4.57. The molecule has 1 aliphatic heterocycles. The van der Waals surface area contributed by atoms with Crippen molar-refractivity contribution in [3.05, 3.63) is 94.6 Å². The van der Waals surface area contributed by atoms with E-state index in [0.29, 0.717) is 48.1 Å².